The van der Waals surface area contributed by atoms with Crippen LogP contribution in [0.5, 0.6) is 0 Å². The van der Waals surface area contributed by atoms with Crippen molar-refractivity contribution in [1.29, 1.82) is 0 Å². The summed E-state index contributed by atoms with van der Waals surface area (Å²) in [5, 5.41) is 4.74. The van der Waals surface area contributed by atoms with Gasteiger partial charge >= 0.3 is 0 Å². The van der Waals surface area contributed by atoms with E-state index in [0.29, 0.717) is 5.69 Å². The molecule has 1 unspecified atom stereocenters. The molecule has 4 aromatic rings. The molecule has 4 rings (SSSR count). The smallest absolute Gasteiger partial charge is 0.240 e. The Kier molecular flexibility index (Phi) is 6.89. The number of methoxy groups -OCH3 is 1. The van der Waals surface area contributed by atoms with Crippen molar-refractivity contribution in [2.75, 3.05) is 19.0 Å². The lowest BCUT2D eigenvalue weighted by Gasteiger charge is -2.13. The number of fused-ring (bicyclic) bond motifs is 1. The second-order valence-electron chi connectivity index (χ2n) is 7.60. The highest BCUT2D eigenvalue weighted by atomic mass is 32.2. The van der Waals surface area contributed by atoms with Crippen LogP contribution in [0.25, 0.3) is 16.2 Å². The Morgan fingerprint density at radius 2 is 1.88 bits per heavy atom. The predicted octanol–water partition coefficient (Wildman–Crippen LogP) is 3.56. The largest absolute Gasteiger partial charge is 0.383 e. The first kappa shape index (κ1) is 23.1. The Balaban J connectivity index is 1.42. The van der Waals surface area contributed by atoms with Crippen molar-refractivity contribution in [3.05, 3.63) is 71.9 Å². The van der Waals surface area contributed by atoms with E-state index < -0.39 is 10.0 Å². The summed E-state index contributed by atoms with van der Waals surface area (Å²) >= 11 is 1.48. The van der Waals surface area contributed by atoms with Crippen molar-refractivity contribution < 1.29 is 17.9 Å². The fourth-order valence-corrected chi connectivity index (χ4v) is 5.51. The van der Waals surface area contributed by atoms with Crippen molar-refractivity contribution in [2.45, 2.75) is 24.3 Å². The van der Waals surface area contributed by atoms with Gasteiger partial charge in [0.15, 0.2) is 4.96 Å². The Morgan fingerprint density at radius 1 is 1.15 bits per heavy atom. The second kappa shape index (κ2) is 9.84. The molecule has 1 atom stereocenters. The molecule has 0 aliphatic heterocycles. The molecule has 8 nitrogen and oxygen atoms in total. The number of benzene rings is 2. The fraction of sp³-hybridized carbons (Fsp3) is 0.217. The number of hydrogen-bond acceptors (Lipinski definition) is 6. The third kappa shape index (κ3) is 5.48. The number of amides is 1. The number of nitrogens with zero attached hydrogens (tertiary/aromatic N) is 2. The molecule has 0 saturated carbocycles. The number of hydrogen-bond donors (Lipinski definition) is 2. The van der Waals surface area contributed by atoms with Crippen LogP contribution in [-0.2, 0) is 26.0 Å². The number of carbonyl (C=O) groups is 1. The third-order valence-electron chi connectivity index (χ3n) is 4.92. The molecule has 0 saturated heterocycles. The van der Waals surface area contributed by atoms with Crippen LogP contribution in [0.1, 0.15) is 12.6 Å². The maximum absolute atomic E-state index is 12.6. The van der Waals surface area contributed by atoms with E-state index in [0.717, 1.165) is 21.9 Å². The zero-order valence-electron chi connectivity index (χ0n) is 18.2. The van der Waals surface area contributed by atoms with E-state index in [9.17, 15) is 13.2 Å². The number of anilines is 1. The van der Waals surface area contributed by atoms with Crippen molar-refractivity contribution in [2.24, 2.45) is 0 Å². The van der Waals surface area contributed by atoms with Crippen molar-refractivity contribution in [3.63, 3.8) is 0 Å². The van der Waals surface area contributed by atoms with Gasteiger partial charge in [0.2, 0.25) is 15.9 Å². The van der Waals surface area contributed by atoms with Gasteiger partial charge in [0.05, 0.1) is 23.6 Å². The number of thiazole rings is 1. The molecule has 0 radical (unpaired) electrons. The van der Waals surface area contributed by atoms with Gasteiger partial charge in [-0.3, -0.25) is 9.20 Å². The van der Waals surface area contributed by atoms with E-state index >= 15 is 0 Å². The zero-order valence-corrected chi connectivity index (χ0v) is 19.8. The van der Waals surface area contributed by atoms with Crippen LogP contribution >= 0.6 is 11.3 Å². The SMILES string of the molecule is COCC(C)NS(=O)(=O)c1ccc(NC(=O)Cc2csc3nc(-c4ccccc4)cn23)cc1. The number of sulfonamides is 1. The standard InChI is InChI=1S/C23H24N4O4S2/c1-16(14-31-2)26-33(29,30)20-10-8-18(9-11-20)24-22(28)12-19-15-32-23-25-21(13-27(19)23)17-6-4-3-5-7-17/h3-11,13,15-16,26H,12,14H2,1-2H3,(H,24,28). The van der Waals surface area contributed by atoms with Crippen LogP contribution in [0.2, 0.25) is 0 Å². The maximum Gasteiger partial charge on any atom is 0.240 e. The first-order chi connectivity index (χ1) is 15.9. The van der Waals surface area contributed by atoms with Crippen LogP contribution in [-0.4, -0.2) is 43.5 Å². The minimum atomic E-state index is -3.66. The van der Waals surface area contributed by atoms with E-state index in [1.807, 2.05) is 46.3 Å². The highest BCUT2D eigenvalue weighted by Gasteiger charge is 2.18. The molecular weight excluding hydrogens is 460 g/mol. The second-order valence-corrected chi connectivity index (χ2v) is 10.1. The van der Waals surface area contributed by atoms with Crippen molar-refractivity contribution >= 4 is 37.9 Å². The van der Waals surface area contributed by atoms with E-state index in [1.165, 1.54) is 30.6 Å². The lowest BCUT2D eigenvalue weighted by molar-refractivity contribution is -0.115. The number of aromatic nitrogens is 2. The van der Waals surface area contributed by atoms with Crippen molar-refractivity contribution in [3.8, 4) is 11.3 Å². The molecule has 2 aromatic carbocycles. The van der Waals surface area contributed by atoms with Gasteiger partial charge in [-0.2, -0.15) is 0 Å². The monoisotopic (exact) mass is 484 g/mol. The first-order valence-electron chi connectivity index (χ1n) is 10.3. The predicted molar refractivity (Wildman–Crippen MR) is 129 cm³/mol. The number of imidazole rings is 1. The lowest BCUT2D eigenvalue weighted by Crippen LogP contribution is -2.35. The molecule has 1 amide bonds. The average Bonchev–Trinajstić information content (AvgIpc) is 3.36. The van der Waals surface area contributed by atoms with Crippen LogP contribution in [0.3, 0.4) is 0 Å². The molecule has 0 aliphatic carbocycles. The Hall–Kier alpha value is -3.05. The molecule has 0 fully saturated rings. The molecule has 0 bridgehead atoms. The molecular formula is C23H24N4O4S2. The van der Waals surface area contributed by atoms with Gasteiger partial charge in [0.25, 0.3) is 0 Å². The summed E-state index contributed by atoms with van der Waals surface area (Å²) < 4.78 is 34.3. The minimum absolute atomic E-state index is 0.120. The van der Waals surface area contributed by atoms with Gasteiger partial charge in [-0.1, -0.05) is 30.3 Å². The summed E-state index contributed by atoms with van der Waals surface area (Å²) in [5.74, 6) is -0.202. The van der Waals surface area contributed by atoms with Gasteiger partial charge < -0.3 is 10.1 Å². The summed E-state index contributed by atoms with van der Waals surface area (Å²) in [4.78, 5) is 18.2. The fourth-order valence-electron chi connectivity index (χ4n) is 3.41. The summed E-state index contributed by atoms with van der Waals surface area (Å²) in [7, 11) is -2.15. The van der Waals surface area contributed by atoms with Gasteiger partial charge in [-0.25, -0.2) is 18.1 Å². The summed E-state index contributed by atoms with van der Waals surface area (Å²) in [6.45, 7) is 1.99. The third-order valence-corrected chi connectivity index (χ3v) is 7.41. The minimum Gasteiger partial charge on any atom is -0.383 e. The zero-order chi connectivity index (χ0) is 23.4. The summed E-state index contributed by atoms with van der Waals surface area (Å²) in [6.07, 6.45) is 2.10. The van der Waals surface area contributed by atoms with E-state index in [4.69, 9.17) is 4.74 Å². The number of ether oxygens (including phenoxy) is 1. The number of nitrogens with one attached hydrogen (secondary N) is 2. The quantitative estimate of drug-likeness (QED) is 0.378. The van der Waals surface area contributed by atoms with Crippen LogP contribution in [0.15, 0.2) is 71.1 Å². The van der Waals surface area contributed by atoms with E-state index in [-0.39, 0.29) is 29.9 Å². The van der Waals surface area contributed by atoms with Crippen LogP contribution < -0.4 is 10.0 Å². The Morgan fingerprint density at radius 3 is 2.58 bits per heavy atom. The normalized spacial score (nSPS) is 12.7. The number of rotatable bonds is 9. The highest BCUT2D eigenvalue weighted by molar-refractivity contribution is 7.89. The van der Waals surface area contributed by atoms with Gasteiger partial charge in [0.1, 0.15) is 0 Å². The summed E-state index contributed by atoms with van der Waals surface area (Å²) in [5.41, 5.74) is 3.22. The molecule has 33 heavy (non-hydrogen) atoms. The molecule has 0 aliphatic rings. The molecule has 2 aromatic heterocycles. The van der Waals surface area contributed by atoms with E-state index in [2.05, 4.69) is 15.0 Å². The Bertz CT molecular complexity index is 1350. The number of carbonyl (C=O) groups excluding carboxylic acids is 1. The van der Waals surface area contributed by atoms with E-state index in [1.54, 1.807) is 19.1 Å². The average molecular weight is 485 g/mol. The molecule has 2 heterocycles. The Labute approximate surface area is 196 Å². The molecule has 0 spiro atoms. The molecule has 172 valence electrons. The highest BCUT2D eigenvalue weighted by Crippen LogP contribution is 2.24. The van der Waals surface area contributed by atoms with Crippen molar-refractivity contribution in [1.82, 2.24) is 14.1 Å². The van der Waals surface area contributed by atoms with Gasteiger partial charge in [-0.05, 0) is 31.2 Å². The molecule has 10 heteroatoms. The maximum atomic E-state index is 12.6. The lowest BCUT2D eigenvalue weighted by atomic mass is 10.2. The molecule has 2 N–H and O–H groups in total. The van der Waals surface area contributed by atoms with Crippen LogP contribution in [0.4, 0.5) is 5.69 Å². The first-order valence-corrected chi connectivity index (χ1v) is 12.6. The summed E-state index contributed by atoms with van der Waals surface area (Å²) in [6, 6.07) is 15.6. The van der Waals surface area contributed by atoms with Gasteiger partial charge in [0, 0.05) is 41.7 Å². The van der Waals surface area contributed by atoms with Gasteiger partial charge in [-0.15, -0.1) is 11.3 Å². The van der Waals surface area contributed by atoms with Crippen LogP contribution in [0, 0.1) is 0 Å². The topological polar surface area (TPSA) is 102 Å².